The second kappa shape index (κ2) is 4.88. The number of hydrogen-bond donors (Lipinski definition) is 1. The van der Waals surface area contributed by atoms with E-state index in [1.165, 1.54) is 19.3 Å². The van der Waals surface area contributed by atoms with E-state index in [1.807, 2.05) is 0 Å². The molecule has 1 saturated heterocycles. The summed E-state index contributed by atoms with van der Waals surface area (Å²) in [5.74, 6) is 3.37. The predicted octanol–water partition coefficient (Wildman–Crippen LogP) is 1.76. The topological polar surface area (TPSA) is 68.2 Å². The van der Waals surface area contributed by atoms with Gasteiger partial charge in [0.2, 0.25) is 5.89 Å². The minimum Gasteiger partial charge on any atom is -0.338 e. The summed E-state index contributed by atoms with van der Waals surface area (Å²) >= 11 is 0. The molecule has 0 radical (unpaired) electrons. The molecule has 1 unspecified atom stereocenters. The molecular weight excluding hydrogens is 228 g/mol. The van der Waals surface area contributed by atoms with Crippen LogP contribution in [0.4, 0.5) is 5.95 Å². The molecule has 1 aromatic heterocycles. The van der Waals surface area contributed by atoms with Crippen molar-refractivity contribution in [2.24, 2.45) is 17.6 Å². The molecule has 3 atom stereocenters. The van der Waals surface area contributed by atoms with Crippen LogP contribution in [0.5, 0.6) is 0 Å². The van der Waals surface area contributed by atoms with E-state index < -0.39 is 0 Å². The fraction of sp³-hybridized carbons (Fsp3) is 0.846. The highest BCUT2D eigenvalue weighted by Crippen LogP contribution is 2.38. The SMILES string of the molecule is CCC(CN)c1nc(N2C[C@H]3CCC[C@H]3C2)no1. The molecule has 5 nitrogen and oxygen atoms in total. The van der Waals surface area contributed by atoms with Crippen molar-refractivity contribution < 1.29 is 4.52 Å². The van der Waals surface area contributed by atoms with Gasteiger partial charge in [-0.05, 0) is 36.3 Å². The number of aromatic nitrogens is 2. The van der Waals surface area contributed by atoms with Crippen LogP contribution in [0.15, 0.2) is 4.52 Å². The monoisotopic (exact) mass is 250 g/mol. The lowest BCUT2D eigenvalue weighted by atomic mass is 10.0. The fourth-order valence-corrected chi connectivity index (χ4v) is 3.36. The first-order valence-corrected chi connectivity index (χ1v) is 7.10. The molecule has 2 fully saturated rings. The van der Waals surface area contributed by atoms with E-state index in [0.29, 0.717) is 12.4 Å². The summed E-state index contributed by atoms with van der Waals surface area (Å²) in [4.78, 5) is 6.81. The van der Waals surface area contributed by atoms with Crippen molar-refractivity contribution in [1.82, 2.24) is 10.1 Å². The molecule has 1 saturated carbocycles. The third-order valence-corrected chi connectivity index (χ3v) is 4.57. The van der Waals surface area contributed by atoms with E-state index in [-0.39, 0.29) is 5.92 Å². The molecule has 100 valence electrons. The highest BCUT2D eigenvalue weighted by atomic mass is 16.5. The Bertz CT molecular complexity index is 389. The van der Waals surface area contributed by atoms with Crippen molar-refractivity contribution in [3.05, 3.63) is 5.89 Å². The smallest absolute Gasteiger partial charge is 0.266 e. The molecule has 2 heterocycles. The first-order valence-electron chi connectivity index (χ1n) is 7.10. The van der Waals surface area contributed by atoms with Crippen molar-refractivity contribution in [2.45, 2.75) is 38.5 Å². The largest absolute Gasteiger partial charge is 0.338 e. The Hall–Kier alpha value is -1.10. The molecule has 2 aliphatic rings. The third-order valence-electron chi connectivity index (χ3n) is 4.57. The van der Waals surface area contributed by atoms with E-state index >= 15 is 0 Å². The Kier molecular flexibility index (Phi) is 3.24. The molecular formula is C13H22N4O. The maximum atomic E-state index is 5.71. The van der Waals surface area contributed by atoms with Crippen LogP contribution in [-0.4, -0.2) is 29.8 Å². The zero-order chi connectivity index (χ0) is 12.5. The van der Waals surface area contributed by atoms with Gasteiger partial charge >= 0.3 is 0 Å². The average molecular weight is 250 g/mol. The Labute approximate surface area is 108 Å². The van der Waals surface area contributed by atoms with Crippen molar-refractivity contribution in [1.29, 1.82) is 0 Å². The number of nitrogens with zero attached hydrogens (tertiary/aromatic N) is 3. The lowest BCUT2D eigenvalue weighted by molar-refractivity contribution is 0.351. The molecule has 3 rings (SSSR count). The first-order chi connectivity index (χ1) is 8.81. The van der Waals surface area contributed by atoms with Crippen molar-refractivity contribution >= 4 is 5.95 Å². The fourth-order valence-electron chi connectivity index (χ4n) is 3.36. The first kappa shape index (κ1) is 12.0. The van der Waals surface area contributed by atoms with Gasteiger partial charge in [0.1, 0.15) is 0 Å². The summed E-state index contributed by atoms with van der Waals surface area (Å²) in [6, 6.07) is 0. The van der Waals surface area contributed by atoms with Crippen LogP contribution in [0.2, 0.25) is 0 Å². The molecule has 1 aliphatic heterocycles. The Morgan fingerprint density at radius 1 is 1.39 bits per heavy atom. The van der Waals surface area contributed by atoms with Gasteiger partial charge in [-0.3, -0.25) is 0 Å². The van der Waals surface area contributed by atoms with E-state index in [2.05, 4.69) is 22.0 Å². The van der Waals surface area contributed by atoms with Gasteiger partial charge in [0.05, 0.1) is 5.92 Å². The van der Waals surface area contributed by atoms with Gasteiger partial charge in [0.15, 0.2) is 0 Å². The maximum Gasteiger partial charge on any atom is 0.266 e. The van der Waals surface area contributed by atoms with Gasteiger partial charge < -0.3 is 15.2 Å². The van der Waals surface area contributed by atoms with Gasteiger partial charge in [0, 0.05) is 19.6 Å². The van der Waals surface area contributed by atoms with Crippen LogP contribution in [0.3, 0.4) is 0 Å². The van der Waals surface area contributed by atoms with E-state index in [4.69, 9.17) is 10.3 Å². The summed E-state index contributed by atoms with van der Waals surface area (Å²) < 4.78 is 5.36. The highest BCUT2D eigenvalue weighted by molar-refractivity contribution is 5.31. The quantitative estimate of drug-likeness (QED) is 0.881. The number of nitrogens with two attached hydrogens (primary N) is 1. The minimum atomic E-state index is 0.202. The number of fused-ring (bicyclic) bond motifs is 1. The number of anilines is 1. The molecule has 0 spiro atoms. The standard InChI is InChI=1S/C13H22N4O/c1-2-9(6-14)12-15-13(16-18-12)17-7-10-4-3-5-11(10)8-17/h9-11H,2-8,14H2,1H3/t9?,10-,11+. The Morgan fingerprint density at radius 3 is 2.72 bits per heavy atom. The van der Waals surface area contributed by atoms with Gasteiger partial charge in [0.25, 0.3) is 5.95 Å². The van der Waals surface area contributed by atoms with Crippen LogP contribution in [-0.2, 0) is 0 Å². The van der Waals surface area contributed by atoms with Crippen molar-refractivity contribution in [3.8, 4) is 0 Å². The summed E-state index contributed by atoms with van der Waals surface area (Å²) in [6.45, 7) is 4.87. The van der Waals surface area contributed by atoms with E-state index in [0.717, 1.165) is 37.3 Å². The van der Waals surface area contributed by atoms with Crippen molar-refractivity contribution in [3.63, 3.8) is 0 Å². The molecule has 1 aromatic rings. The van der Waals surface area contributed by atoms with Crippen LogP contribution in [0.25, 0.3) is 0 Å². The Balaban J connectivity index is 1.70. The predicted molar refractivity (Wildman–Crippen MR) is 69.4 cm³/mol. The second-order valence-electron chi connectivity index (χ2n) is 5.63. The summed E-state index contributed by atoms with van der Waals surface area (Å²) in [7, 11) is 0. The van der Waals surface area contributed by atoms with Gasteiger partial charge in [-0.15, -0.1) is 0 Å². The molecule has 0 bridgehead atoms. The summed E-state index contributed by atoms with van der Waals surface area (Å²) in [5.41, 5.74) is 5.71. The van der Waals surface area contributed by atoms with E-state index in [9.17, 15) is 0 Å². The van der Waals surface area contributed by atoms with Gasteiger partial charge in [-0.25, -0.2) is 0 Å². The molecule has 1 aliphatic carbocycles. The molecule has 2 N–H and O–H groups in total. The zero-order valence-corrected chi connectivity index (χ0v) is 11.0. The summed E-state index contributed by atoms with van der Waals surface area (Å²) in [6.07, 6.45) is 5.08. The molecule has 5 heteroatoms. The lowest BCUT2D eigenvalue weighted by Crippen LogP contribution is -2.22. The van der Waals surface area contributed by atoms with Gasteiger partial charge in [-0.2, -0.15) is 4.98 Å². The van der Waals surface area contributed by atoms with Crippen LogP contribution in [0, 0.1) is 11.8 Å². The zero-order valence-electron chi connectivity index (χ0n) is 11.0. The second-order valence-corrected chi connectivity index (χ2v) is 5.63. The van der Waals surface area contributed by atoms with Crippen LogP contribution >= 0.6 is 0 Å². The lowest BCUT2D eigenvalue weighted by Gasteiger charge is -2.13. The Morgan fingerprint density at radius 2 is 2.11 bits per heavy atom. The molecule has 0 aromatic carbocycles. The minimum absolute atomic E-state index is 0.202. The number of hydrogen-bond acceptors (Lipinski definition) is 5. The summed E-state index contributed by atoms with van der Waals surface area (Å²) in [5, 5.41) is 4.13. The van der Waals surface area contributed by atoms with Gasteiger partial charge in [-0.1, -0.05) is 13.3 Å². The third kappa shape index (κ3) is 2.00. The molecule has 0 amide bonds. The van der Waals surface area contributed by atoms with Crippen LogP contribution in [0.1, 0.15) is 44.4 Å². The van der Waals surface area contributed by atoms with E-state index in [1.54, 1.807) is 0 Å². The normalized spacial score (nSPS) is 28.7. The maximum absolute atomic E-state index is 5.71. The highest BCUT2D eigenvalue weighted by Gasteiger charge is 2.37. The van der Waals surface area contributed by atoms with Crippen molar-refractivity contribution in [2.75, 3.05) is 24.5 Å². The van der Waals surface area contributed by atoms with Crippen LogP contribution < -0.4 is 10.6 Å². The molecule has 18 heavy (non-hydrogen) atoms. The number of rotatable bonds is 4. The average Bonchev–Trinajstić information content (AvgIpc) is 3.04.